The number of urea groups is 1. The minimum atomic E-state index is -0.939. The van der Waals surface area contributed by atoms with Crippen molar-refractivity contribution in [1.29, 1.82) is 0 Å². The Labute approximate surface area is 133 Å². The fourth-order valence-electron chi connectivity index (χ4n) is 3.55. The second-order valence-electron chi connectivity index (χ2n) is 6.37. The third-order valence-electron chi connectivity index (χ3n) is 4.95. The summed E-state index contributed by atoms with van der Waals surface area (Å²) < 4.78 is 9.70. The first kappa shape index (κ1) is 15.8. The number of hydrogen-bond donors (Lipinski definition) is 1. The van der Waals surface area contributed by atoms with Gasteiger partial charge in [0.2, 0.25) is 6.10 Å². The zero-order chi connectivity index (χ0) is 16.6. The highest BCUT2D eigenvalue weighted by Crippen LogP contribution is 2.38. The molecule has 126 valence electrons. The number of rotatable bonds is 3. The Kier molecular flexibility index (Phi) is 3.99. The molecule has 0 radical (unpaired) electrons. The molecule has 3 fully saturated rings. The van der Waals surface area contributed by atoms with Crippen molar-refractivity contribution in [3.63, 3.8) is 0 Å². The summed E-state index contributed by atoms with van der Waals surface area (Å²) in [5.41, 5.74) is -0.901. The number of amides is 3. The number of esters is 2. The maximum Gasteiger partial charge on any atom is 0.347 e. The number of imide groups is 1. The molecule has 23 heavy (non-hydrogen) atoms. The third kappa shape index (κ3) is 2.66. The Morgan fingerprint density at radius 1 is 1.35 bits per heavy atom. The van der Waals surface area contributed by atoms with E-state index in [0.717, 1.165) is 24.2 Å². The van der Waals surface area contributed by atoms with Crippen LogP contribution in [0.4, 0.5) is 4.79 Å². The summed E-state index contributed by atoms with van der Waals surface area (Å²) in [5.74, 6) is -1.72. The predicted octanol–water partition coefficient (Wildman–Crippen LogP) is 0.346. The molecule has 1 spiro atoms. The lowest BCUT2D eigenvalue weighted by molar-refractivity contribution is -0.161. The van der Waals surface area contributed by atoms with Gasteiger partial charge in [0.15, 0.2) is 0 Å². The smallest absolute Gasteiger partial charge is 0.347 e. The van der Waals surface area contributed by atoms with Gasteiger partial charge in [-0.2, -0.15) is 0 Å². The van der Waals surface area contributed by atoms with Gasteiger partial charge in [0.1, 0.15) is 12.1 Å². The minimum Gasteiger partial charge on any atom is -0.463 e. The van der Waals surface area contributed by atoms with E-state index in [-0.39, 0.29) is 18.4 Å². The molecule has 3 aliphatic rings. The van der Waals surface area contributed by atoms with Crippen LogP contribution in [0.25, 0.3) is 0 Å². The van der Waals surface area contributed by atoms with E-state index >= 15 is 0 Å². The van der Waals surface area contributed by atoms with Crippen LogP contribution < -0.4 is 5.32 Å². The molecule has 2 heterocycles. The fourth-order valence-corrected chi connectivity index (χ4v) is 3.55. The Morgan fingerprint density at radius 2 is 2.13 bits per heavy atom. The Morgan fingerprint density at radius 3 is 2.78 bits per heavy atom. The Bertz CT molecular complexity index is 562. The van der Waals surface area contributed by atoms with Crippen LogP contribution >= 0.6 is 0 Å². The van der Waals surface area contributed by atoms with Gasteiger partial charge in [0, 0.05) is 6.42 Å². The number of ether oxygens (including phenoxy) is 2. The summed E-state index contributed by atoms with van der Waals surface area (Å²) in [6.07, 6.45) is 2.69. The van der Waals surface area contributed by atoms with Crippen molar-refractivity contribution in [3.8, 4) is 0 Å². The van der Waals surface area contributed by atoms with Crippen molar-refractivity contribution >= 4 is 23.9 Å². The van der Waals surface area contributed by atoms with Crippen molar-refractivity contribution in [2.45, 2.75) is 50.7 Å². The molecule has 2 aliphatic heterocycles. The summed E-state index contributed by atoms with van der Waals surface area (Å²) in [4.78, 5) is 49.0. The molecule has 3 atom stereocenters. The van der Waals surface area contributed by atoms with Crippen LogP contribution in [-0.4, -0.2) is 53.6 Å². The summed E-state index contributed by atoms with van der Waals surface area (Å²) in [5, 5.41) is 2.76. The number of carbonyl (C=O) groups is 4. The summed E-state index contributed by atoms with van der Waals surface area (Å²) in [6.45, 7) is 1.66. The number of nitrogens with zero attached hydrogens (tertiary/aromatic N) is 1. The van der Waals surface area contributed by atoms with Crippen LogP contribution in [0.3, 0.4) is 0 Å². The lowest BCUT2D eigenvalue weighted by Crippen LogP contribution is -2.54. The Balaban J connectivity index is 1.66. The maximum atomic E-state index is 12.7. The van der Waals surface area contributed by atoms with Gasteiger partial charge in [-0.25, -0.2) is 9.59 Å². The molecular formula is C15H20N2O6. The van der Waals surface area contributed by atoms with Crippen molar-refractivity contribution in [2.24, 2.45) is 5.92 Å². The van der Waals surface area contributed by atoms with Crippen molar-refractivity contribution in [3.05, 3.63) is 0 Å². The molecule has 0 aromatic rings. The molecule has 0 aromatic heterocycles. The second kappa shape index (κ2) is 5.82. The normalized spacial score (nSPS) is 33.8. The first-order chi connectivity index (χ1) is 10.9. The van der Waals surface area contributed by atoms with Crippen molar-refractivity contribution < 1.29 is 28.7 Å². The van der Waals surface area contributed by atoms with Gasteiger partial charge in [-0.05, 0) is 18.8 Å². The molecule has 2 saturated heterocycles. The van der Waals surface area contributed by atoms with Crippen molar-refractivity contribution in [1.82, 2.24) is 10.2 Å². The second-order valence-corrected chi connectivity index (χ2v) is 6.37. The number of hydrogen-bond acceptors (Lipinski definition) is 6. The Hall–Kier alpha value is -2.12. The lowest BCUT2D eigenvalue weighted by atomic mass is 9.73. The highest BCUT2D eigenvalue weighted by atomic mass is 16.6. The molecule has 8 heteroatoms. The van der Waals surface area contributed by atoms with Crippen LogP contribution in [-0.2, 0) is 23.9 Å². The van der Waals surface area contributed by atoms with E-state index in [1.807, 2.05) is 6.92 Å². The molecule has 1 N–H and O–H groups in total. The largest absolute Gasteiger partial charge is 0.463 e. The summed E-state index contributed by atoms with van der Waals surface area (Å²) in [7, 11) is 0. The van der Waals surface area contributed by atoms with Gasteiger partial charge in [-0.3, -0.25) is 14.5 Å². The van der Waals surface area contributed by atoms with Crippen LogP contribution in [0.5, 0.6) is 0 Å². The molecule has 1 aliphatic carbocycles. The van der Waals surface area contributed by atoms with E-state index in [1.54, 1.807) is 0 Å². The van der Waals surface area contributed by atoms with E-state index in [4.69, 9.17) is 9.47 Å². The standard InChI is InChI=1S/C15H20N2O6/c1-9-4-2-3-6-15(9)13(20)17(14(21)16-15)8-11(18)23-10-5-7-22-12(10)19/h9-10H,2-8H2,1H3,(H,16,21)/t9-,10+,15-/m0/s1. The molecule has 3 amide bonds. The topological polar surface area (TPSA) is 102 Å². The molecular weight excluding hydrogens is 304 g/mol. The first-order valence-electron chi connectivity index (χ1n) is 7.94. The third-order valence-corrected chi connectivity index (χ3v) is 4.95. The summed E-state index contributed by atoms with van der Waals surface area (Å²) >= 11 is 0. The van der Waals surface area contributed by atoms with E-state index in [0.29, 0.717) is 12.8 Å². The zero-order valence-corrected chi connectivity index (χ0v) is 13.0. The molecule has 0 unspecified atom stereocenters. The minimum absolute atomic E-state index is 0.0264. The van der Waals surface area contributed by atoms with Crippen LogP contribution in [0, 0.1) is 5.92 Å². The van der Waals surface area contributed by atoms with Gasteiger partial charge in [-0.1, -0.05) is 19.8 Å². The average Bonchev–Trinajstić information content (AvgIpc) is 3.00. The highest BCUT2D eigenvalue weighted by Gasteiger charge is 2.55. The van der Waals surface area contributed by atoms with Gasteiger partial charge in [-0.15, -0.1) is 0 Å². The summed E-state index contributed by atoms with van der Waals surface area (Å²) in [6, 6.07) is -0.574. The predicted molar refractivity (Wildman–Crippen MR) is 76.1 cm³/mol. The van der Waals surface area contributed by atoms with E-state index in [9.17, 15) is 19.2 Å². The molecule has 0 aromatic carbocycles. The van der Waals surface area contributed by atoms with Gasteiger partial charge >= 0.3 is 18.0 Å². The SMILES string of the molecule is C[C@H]1CCCC[C@]12NC(=O)N(CC(=O)O[C@@H]1CCOC1=O)C2=O. The number of nitrogens with one attached hydrogen (secondary N) is 1. The molecule has 3 rings (SSSR count). The average molecular weight is 324 g/mol. The van der Waals surface area contributed by atoms with Gasteiger partial charge in [0.25, 0.3) is 5.91 Å². The lowest BCUT2D eigenvalue weighted by Gasteiger charge is -2.36. The van der Waals surface area contributed by atoms with Crippen LogP contribution in [0.1, 0.15) is 39.0 Å². The number of cyclic esters (lactones) is 1. The molecule has 1 saturated carbocycles. The fraction of sp³-hybridized carbons (Fsp3) is 0.733. The van der Waals surface area contributed by atoms with E-state index in [2.05, 4.69) is 5.32 Å². The van der Waals surface area contributed by atoms with Gasteiger partial charge < -0.3 is 14.8 Å². The first-order valence-corrected chi connectivity index (χ1v) is 7.94. The zero-order valence-electron chi connectivity index (χ0n) is 13.0. The highest BCUT2D eigenvalue weighted by molar-refractivity contribution is 6.09. The monoisotopic (exact) mass is 324 g/mol. The van der Waals surface area contributed by atoms with Crippen LogP contribution in [0.15, 0.2) is 0 Å². The maximum absolute atomic E-state index is 12.7. The molecule has 8 nitrogen and oxygen atoms in total. The van der Waals surface area contributed by atoms with E-state index in [1.165, 1.54) is 0 Å². The number of carbonyl (C=O) groups excluding carboxylic acids is 4. The quantitative estimate of drug-likeness (QED) is 0.593. The van der Waals surface area contributed by atoms with E-state index < -0.39 is 36.2 Å². The van der Waals surface area contributed by atoms with Crippen LogP contribution in [0.2, 0.25) is 0 Å². The molecule has 0 bridgehead atoms. The van der Waals surface area contributed by atoms with Gasteiger partial charge in [0.05, 0.1) is 6.61 Å². The van der Waals surface area contributed by atoms with Crippen molar-refractivity contribution in [2.75, 3.05) is 13.2 Å².